The molecule has 2 saturated heterocycles. The van der Waals surface area contributed by atoms with Crippen LogP contribution in [0.4, 0.5) is 10.2 Å². The van der Waals surface area contributed by atoms with Crippen LogP contribution < -0.4 is 5.32 Å². The number of benzene rings is 1. The maximum Gasteiger partial charge on any atom is 0.167 e. The van der Waals surface area contributed by atoms with Crippen LogP contribution in [0.25, 0.3) is 11.3 Å². The average molecular weight is 470 g/mol. The quantitative estimate of drug-likeness (QED) is 0.686. The number of hydrogen-bond donors (Lipinski definition) is 1. The van der Waals surface area contributed by atoms with Crippen LogP contribution in [-0.2, 0) is 4.74 Å². The topological polar surface area (TPSA) is 74.1 Å². The van der Waals surface area contributed by atoms with Crippen LogP contribution >= 0.6 is 11.6 Å². The van der Waals surface area contributed by atoms with Gasteiger partial charge < -0.3 is 15.0 Å². The third-order valence-corrected chi connectivity index (χ3v) is 7.87. The van der Waals surface area contributed by atoms with Gasteiger partial charge in [0, 0.05) is 44.5 Å². The number of anilines is 1. The first-order valence-electron chi connectivity index (χ1n) is 11.8. The molecule has 1 saturated carbocycles. The second kappa shape index (κ2) is 9.54. The number of fused-ring (bicyclic) bond motifs is 1. The Balaban J connectivity index is 1.25. The van der Waals surface area contributed by atoms with Crippen LogP contribution in [0.2, 0.25) is 5.02 Å². The molecule has 3 aliphatic rings. The molecule has 2 aromatic rings. The summed E-state index contributed by atoms with van der Waals surface area (Å²) in [5.74, 6) is 2.25. The van der Waals surface area contributed by atoms with Crippen molar-refractivity contribution in [1.29, 1.82) is 5.26 Å². The Kier molecular flexibility index (Phi) is 6.51. The molecule has 1 aliphatic carbocycles. The molecule has 8 heteroatoms. The lowest BCUT2D eigenvalue weighted by Gasteiger charge is -2.27. The highest BCUT2D eigenvalue weighted by Crippen LogP contribution is 2.40. The maximum absolute atomic E-state index is 13.8. The van der Waals surface area contributed by atoms with Gasteiger partial charge in [-0.3, -0.25) is 0 Å². The fourth-order valence-corrected chi connectivity index (χ4v) is 6.05. The molecule has 3 atom stereocenters. The van der Waals surface area contributed by atoms with Gasteiger partial charge in [0.1, 0.15) is 17.4 Å². The minimum Gasteiger partial charge on any atom is -0.381 e. The van der Waals surface area contributed by atoms with E-state index in [0.717, 1.165) is 45.1 Å². The van der Waals surface area contributed by atoms with E-state index in [1.54, 1.807) is 0 Å². The van der Waals surface area contributed by atoms with Gasteiger partial charge in [-0.15, -0.1) is 10.2 Å². The molecule has 0 spiro atoms. The van der Waals surface area contributed by atoms with Crippen molar-refractivity contribution in [2.75, 3.05) is 38.2 Å². The van der Waals surface area contributed by atoms with E-state index in [9.17, 15) is 9.65 Å². The van der Waals surface area contributed by atoms with Crippen LogP contribution in [0.1, 0.15) is 36.8 Å². The number of likely N-dealkylation sites (tertiary alicyclic amines) is 1. The number of nitrogens with one attached hydrogen (secondary N) is 1. The first-order chi connectivity index (χ1) is 16.0. The molecule has 0 unspecified atom stereocenters. The molecule has 1 aromatic carbocycles. The van der Waals surface area contributed by atoms with E-state index in [0.29, 0.717) is 45.1 Å². The van der Waals surface area contributed by atoms with Gasteiger partial charge in [-0.05, 0) is 74.1 Å². The zero-order chi connectivity index (χ0) is 22.9. The summed E-state index contributed by atoms with van der Waals surface area (Å²) in [7, 11) is 0. The molecule has 3 fully saturated rings. The minimum absolute atomic E-state index is 0.287. The zero-order valence-corrected chi connectivity index (χ0v) is 19.6. The molecule has 33 heavy (non-hydrogen) atoms. The molecule has 3 heterocycles. The number of rotatable bonds is 5. The van der Waals surface area contributed by atoms with Crippen molar-refractivity contribution in [3.8, 4) is 17.3 Å². The smallest absolute Gasteiger partial charge is 0.167 e. The molecule has 0 radical (unpaired) electrons. The number of nitrogens with zero attached hydrogens (tertiary/aromatic N) is 4. The van der Waals surface area contributed by atoms with Gasteiger partial charge in [0.25, 0.3) is 0 Å². The summed E-state index contributed by atoms with van der Waals surface area (Å²) in [5.41, 5.74) is 1.99. The Hall–Kier alpha value is -2.27. The van der Waals surface area contributed by atoms with E-state index in [1.807, 2.05) is 6.92 Å². The molecular formula is C25H29ClFN5O. The summed E-state index contributed by atoms with van der Waals surface area (Å²) in [6.45, 7) is 7.14. The Bertz CT molecular complexity index is 1050. The summed E-state index contributed by atoms with van der Waals surface area (Å²) >= 11 is 6.26. The summed E-state index contributed by atoms with van der Waals surface area (Å²) in [4.78, 5) is 2.64. The highest BCUT2D eigenvalue weighted by Gasteiger charge is 2.41. The lowest BCUT2D eigenvalue weighted by molar-refractivity contribution is 0.0545. The summed E-state index contributed by atoms with van der Waals surface area (Å²) in [6, 6.07) is 6.68. The molecular weight excluding hydrogens is 441 g/mol. The Morgan fingerprint density at radius 1 is 1.21 bits per heavy atom. The van der Waals surface area contributed by atoms with E-state index >= 15 is 0 Å². The Labute approximate surface area is 199 Å². The predicted molar refractivity (Wildman–Crippen MR) is 125 cm³/mol. The molecule has 2 aliphatic heterocycles. The molecule has 1 N–H and O–H groups in total. The van der Waals surface area contributed by atoms with Crippen molar-refractivity contribution in [2.24, 2.45) is 17.8 Å². The molecule has 0 amide bonds. The first-order valence-corrected chi connectivity index (χ1v) is 12.2. The SMILES string of the molecule is Cc1c(-c2cc(F)ccc2Cl)nnc(N[C@H]2C[C@@H]3CN(CC4CCOCC4)C[C@@H]3C2)c1C#N. The second-order valence-electron chi connectivity index (χ2n) is 9.74. The summed E-state index contributed by atoms with van der Waals surface area (Å²) in [6.07, 6.45) is 4.53. The lowest BCUT2D eigenvalue weighted by atomic mass is 10.00. The van der Waals surface area contributed by atoms with E-state index in [1.165, 1.54) is 37.6 Å². The standard InChI is InChI=1S/C25H29ClFN5O/c1-15-22(11-28)25(31-30-24(15)21-10-19(27)2-3-23(21)26)29-20-8-17-13-32(14-18(17)9-20)12-16-4-6-33-7-5-16/h2-3,10,16-18,20H,4-9,12-14H2,1H3,(H,29,31)/t17-,18+,20+. The van der Waals surface area contributed by atoms with Gasteiger partial charge >= 0.3 is 0 Å². The van der Waals surface area contributed by atoms with E-state index in [2.05, 4.69) is 26.5 Å². The highest BCUT2D eigenvalue weighted by molar-refractivity contribution is 6.33. The number of ether oxygens (including phenoxy) is 1. The zero-order valence-electron chi connectivity index (χ0n) is 18.9. The van der Waals surface area contributed by atoms with Crippen molar-refractivity contribution in [1.82, 2.24) is 15.1 Å². The van der Waals surface area contributed by atoms with Crippen LogP contribution in [-0.4, -0.2) is 54.0 Å². The van der Waals surface area contributed by atoms with Crippen LogP contribution in [0.3, 0.4) is 0 Å². The number of hydrogen-bond acceptors (Lipinski definition) is 6. The summed E-state index contributed by atoms with van der Waals surface area (Å²) < 4.78 is 19.3. The largest absolute Gasteiger partial charge is 0.381 e. The summed E-state index contributed by atoms with van der Waals surface area (Å²) in [5, 5.41) is 22.4. The second-order valence-corrected chi connectivity index (χ2v) is 10.1. The third kappa shape index (κ3) is 4.70. The predicted octanol–water partition coefficient (Wildman–Crippen LogP) is 4.67. The van der Waals surface area contributed by atoms with Gasteiger partial charge in [-0.2, -0.15) is 5.26 Å². The fraction of sp³-hybridized carbons (Fsp3) is 0.560. The van der Waals surface area contributed by atoms with Gasteiger partial charge in [-0.25, -0.2) is 4.39 Å². The van der Waals surface area contributed by atoms with Crippen LogP contribution in [0.5, 0.6) is 0 Å². The van der Waals surface area contributed by atoms with Gasteiger partial charge in [0.15, 0.2) is 5.82 Å². The maximum atomic E-state index is 13.8. The molecule has 5 rings (SSSR count). The van der Waals surface area contributed by atoms with Crippen LogP contribution in [0, 0.1) is 41.8 Å². The normalized spacial score (nSPS) is 25.7. The van der Waals surface area contributed by atoms with Gasteiger partial charge in [0.2, 0.25) is 0 Å². The Morgan fingerprint density at radius 2 is 1.94 bits per heavy atom. The van der Waals surface area contributed by atoms with Crippen molar-refractivity contribution < 1.29 is 9.13 Å². The van der Waals surface area contributed by atoms with Gasteiger partial charge in [0.05, 0.1) is 10.7 Å². The molecule has 1 aromatic heterocycles. The van der Waals surface area contributed by atoms with E-state index < -0.39 is 5.82 Å². The van der Waals surface area contributed by atoms with E-state index in [-0.39, 0.29) is 6.04 Å². The number of aromatic nitrogens is 2. The van der Waals surface area contributed by atoms with Crippen molar-refractivity contribution >= 4 is 17.4 Å². The first kappa shape index (κ1) is 22.5. The van der Waals surface area contributed by atoms with Crippen LogP contribution in [0.15, 0.2) is 18.2 Å². The fourth-order valence-electron chi connectivity index (χ4n) is 5.85. The third-order valence-electron chi connectivity index (χ3n) is 7.54. The van der Waals surface area contributed by atoms with Crippen molar-refractivity contribution in [3.05, 3.63) is 40.2 Å². The number of halogens is 2. The average Bonchev–Trinajstić information content (AvgIpc) is 3.34. The highest BCUT2D eigenvalue weighted by atomic mass is 35.5. The minimum atomic E-state index is -0.403. The monoisotopic (exact) mass is 469 g/mol. The number of nitriles is 1. The Morgan fingerprint density at radius 3 is 2.64 bits per heavy atom. The van der Waals surface area contributed by atoms with Crippen molar-refractivity contribution in [3.63, 3.8) is 0 Å². The van der Waals surface area contributed by atoms with Crippen molar-refractivity contribution in [2.45, 2.75) is 38.6 Å². The molecule has 0 bridgehead atoms. The molecule has 174 valence electrons. The molecule has 6 nitrogen and oxygen atoms in total. The lowest BCUT2D eigenvalue weighted by Crippen LogP contribution is -2.32. The van der Waals surface area contributed by atoms with Gasteiger partial charge in [-0.1, -0.05) is 11.6 Å². The van der Waals surface area contributed by atoms with E-state index in [4.69, 9.17) is 16.3 Å².